The fourth-order valence-electron chi connectivity index (χ4n) is 2.72. The third-order valence-corrected chi connectivity index (χ3v) is 3.83. The number of rotatable bonds is 4. The minimum Gasteiger partial charge on any atom is -0.297 e. The van der Waals surface area contributed by atoms with Crippen LogP contribution in [0.2, 0.25) is 0 Å². The van der Waals surface area contributed by atoms with Crippen LogP contribution in [0.25, 0.3) is 11.0 Å². The Hall–Kier alpha value is -2.70. The Morgan fingerprint density at radius 1 is 1.21 bits per heavy atom. The van der Waals surface area contributed by atoms with E-state index in [1.54, 1.807) is 25.3 Å². The van der Waals surface area contributed by atoms with Gasteiger partial charge in [-0.15, -0.1) is 0 Å². The van der Waals surface area contributed by atoms with Crippen LogP contribution in [0.5, 0.6) is 0 Å². The van der Waals surface area contributed by atoms with Gasteiger partial charge in [0.1, 0.15) is 11.6 Å². The molecule has 0 spiro atoms. The predicted octanol–water partition coefficient (Wildman–Crippen LogP) is 4.02. The van der Waals surface area contributed by atoms with Gasteiger partial charge in [0.05, 0.1) is 17.3 Å². The highest BCUT2D eigenvalue weighted by Crippen LogP contribution is 2.36. The summed E-state index contributed by atoms with van der Waals surface area (Å²) in [5, 5.41) is 4.13. The molecule has 0 saturated heterocycles. The van der Waals surface area contributed by atoms with Gasteiger partial charge < -0.3 is 0 Å². The Morgan fingerprint density at radius 3 is 2.67 bits per heavy atom. The molecule has 0 aliphatic heterocycles. The van der Waals surface area contributed by atoms with Crippen LogP contribution in [0.4, 0.5) is 13.2 Å². The van der Waals surface area contributed by atoms with Crippen molar-refractivity contribution in [1.82, 2.24) is 14.8 Å². The van der Waals surface area contributed by atoms with Crippen molar-refractivity contribution in [2.24, 2.45) is 0 Å². The van der Waals surface area contributed by atoms with Crippen molar-refractivity contribution in [3.05, 3.63) is 59.9 Å². The van der Waals surface area contributed by atoms with E-state index in [1.807, 2.05) is 0 Å². The number of hydrogen-bond donors (Lipinski definition) is 0. The van der Waals surface area contributed by atoms with E-state index in [-0.39, 0.29) is 17.8 Å². The van der Waals surface area contributed by atoms with Gasteiger partial charge in [-0.1, -0.05) is 25.1 Å². The number of nitrogens with zero attached hydrogens (tertiary/aromatic N) is 3. The highest BCUT2D eigenvalue weighted by Gasteiger charge is 2.37. The van der Waals surface area contributed by atoms with Gasteiger partial charge in [0.2, 0.25) is 0 Å². The average Bonchev–Trinajstić information content (AvgIpc) is 2.98. The van der Waals surface area contributed by atoms with E-state index in [4.69, 9.17) is 0 Å². The van der Waals surface area contributed by atoms with Gasteiger partial charge in [0, 0.05) is 12.6 Å². The number of carbonyl (C=O) groups is 1. The van der Waals surface area contributed by atoms with Crippen molar-refractivity contribution < 1.29 is 18.0 Å². The molecule has 1 unspecified atom stereocenters. The van der Waals surface area contributed by atoms with Gasteiger partial charge in [-0.05, 0) is 23.8 Å². The minimum absolute atomic E-state index is 0.0957. The third-order valence-electron chi connectivity index (χ3n) is 3.83. The van der Waals surface area contributed by atoms with E-state index in [1.165, 1.54) is 29.1 Å². The summed E-state index contributed by atoms with van der Waals surface area (Å²) in [6.45, 7) is 1.62. The maximum atomic E-state index is 13.4. The van der Waals surface area contributed by atoms with Gasteiger partial charge >= 0.3 is 6.18 Å². The van der Waals surface area contributed by atoms with E-state index in [2.05, 4.69) is 10.1 Å². The van der Waals surface area contributed by atoms with Crippen LogP contribution in [-0.2, 0) is 11.0 Å². The van der Waals surface area contributed by atoms with Crippen LogP contribution in [0.15, 0.2) is 48.8 Å². The van der Waals surface area contributed by atoms with Crippen molar-refractivity contribution in [1.29, 1.82) is 0 Å². The number of alkyl halides is 3. The molecule has 4 nitrogen and oxygen atoms in total. The van der Waals surface area contributed by atoms with Crippen molar-refractivity contribution in [2.45, 2.75) is 25.6 Å². The molecule has 7 heteroatoms. The molecule has 0 saturated carbocycles. The highest BCUT2D eigenvalue weighted by atomic mass is 19.4. The summed E-state index contributed by atoms with van der Waals surface area (Å²) in [4.78, 5) is 16.6. The van der Waals surface area contributed by atoms with Crippen molar-refractivity contribution in [3.63, 3.8) is 0 Å². The van der Waals surface area contributed by atoms with E-state index in [0.717, 1.165) is 6.07 Å². The van der Waals surface area contributed by atoms with Gasteiger partial charge in [0.25, 0.3) is 0 Å². The lowest BCUT2D eigenvalue weighted by Gasteiger charge is -2.21. The first-order valence-electron chi connectivity index (χ1n) is 7.40. The molecule has 1 aromatic carbocycles. The zero-order valence-electron chi connectivity index (χ0n) is 12.8. The minimum atomic E-state index is -4.55. The second kappa shape index (κ2) is 6.07. The number of Topliss-reactive ketones (excluding diaryl/α,β-unsaturated/α-hetero) is 1. The van der Waals surface area contributed by atoms with E-state index < -0.39 is 17.8 Å². The summed E-state index contributed by atoms with van der Waals surface area (Å²) >= 11 is 0. The number of hydrogen-bond acceptors (Lipinski definition) is 3. The van der Waals surface area contributed by atoms with Crippen LogP contribution >= 0.6 is 0 Å². The normalized spacial score (nSPS) is 13.2. The zero-order chi connectivity index (χ0) is 17.3. The van der Waals surface area contributed by atoms with Gasteiger partial charge in [0.15, 0.2) is 5.78 Å². The molecule has 0 N–H and O–H groups in total. The summed E-state index contributed by atoms with van der Waals surface area (Å²) < 4.78 is 41.5. The van der Waals surface area contributed by atoms with E-state index >= 15 is 0 Å². The molecular weight excluding hydrogens is 319 g/mol. The summed E-state index contributed by atoms with van der Waals surface area (Å²) in [6, 6.07) is 7.30. The van der Waals surface area contributed by atoms with Crippen LogP contribution in [0.1, 0.15) is 30.5 Å². The quantitative estimate of drug-likeness (QED) is 0.724. The van der Waals surface area contributed by atoms with Crippen LogP contribution in [0, 0.1) is 0 Å². The molecule has 0 amide bonds. The molecule has 3 rings (SSSR count). The Morgan fingerprint density at radius 2 is 1.96 bits per heavy atom. The van der Waals surface area contributed by atoms with Crippen molar-refractivity contribution in [2.75, 3.05) is 0 Å². The fraction of sp³-hybridized carbons (Fsp3) is 0.235. The summed E-state index contributed by atoms with van der Waals surface area (Å²) in [7, 11) is 0. The Bertz CT molecular complexity index is 886. The number of halogens is 3. The first-order chi connectivity index (χ1) is 11.4. The topological polar surface area (TPSA) is 47.8 Å². The van der Waals surface area contributed by atoms with Gasteiger partial charge in [-0.3, -0.25) is 9.78 Å². The molecule has 124 valence electrons. The molecule has 2 aromatic heterocycles. The van der Waals surface area contributed by atoms with Crippen LogP contribution < -0.4 is 0 Å². The van der Waals surface area contributed by atoms with E-state index in [0.29, 0.717) is 11.0 Å². The standard InChI is InChI=1S/C17H14F3N3O/c1-2-15(24)16(11-6-3-4-7-12(11)17(18,19)20)23-14-8-5-9-21-13(14)10-22-23/h3-10,16H,2H2,1H3. The lowest BCUT2D eigenvalue weighted by molar-refractivity contribution is -0.138. The van der Waals surface area contributed by atoms with Crippen molar-refractivity contribution >= 4 is 16.8 Å². The number of benzene rings is 1. The second-order valence-corrected chi connectivity index (χ2v) is 5.30. The Labute approximate surface area is 135 Å². The predicted molar refractivity (Wildman–Crippen MR) is 82.4 cm³/mol. The second-order valence-electron chi connectivity index (χ2n) is 5.30. The first kappa shape index (κ1) is 16.2. The third kappa shape index (κ3) is 2.77. The summed E-state index contributed by atoms with van der Waals surface area (Å²) in [6.07, 6.45) is -1.45. The number of aromatic nitrogens is 3. The molecule has 0 fully saturated rings. The lowest BCUT2D eigenvalue weighted by atomic mass is 9.95. The average molecular weight is 333 g/mol. The zero-order valence-corrected chi connectivity index (χ0v) is 12.8. The number of carbonyl (C=O) groups excluding carboxylic acids is 1. The van der Waals surface area contributed by atoms with Gasteiger partial charge in [-0.2, -0.15) is 18.3 Å². The molecular formula is C17H14F3N3O. The summed E-state index contributed by atoms with van der Waals surface area (Å²) in [5.74, 6) is -0.347. The number of ketones is 1. The molecule has 0 aliphatic carbocycles. The number of fused-ring (bicyclic) bond motifs is 1. The number of pyridine rings is 1. The molecule has 1 atom stereocenters. The highest BCUT2D eigenvalue weighted by molar-refractivity contribution is 5.88. The summed E-state index contributed by atoms with van der Waals surface area (Å²) in [5.41, 5.74) is 0.104. The largest absolute Gasteiger partial charge is 0.416 e. The maximum Gasteiger partial charge on any atom is 0.416 e. The van der Waals surface area contributed by atoms with Gasteiger partial charge in [-0.25, -0.2) is 4.68 Å². The van der Waals surface area contributed by atoms with Crippen LogP contribution in [0.3, 0.4) is 0 Å². The molecule has 3 aromatic rings. The molecule has 24 heavy (non-hydrogen) atoms. The lowest BCUT2D eigenvalue weighted by Crippen LogP contribution is -2.24. The smallest absolute Gasteiger partial charge is 0.297 e. The Kier molecular flexibility index (Phi) is 4.09. The van der Waals surface area contributed by atoms with Crippen LogP contribution in [-0.4, -0.2) is 20.5 Å². The first-order valence-corrected chi connectivity index (χ1v) is 7.40. The maximum absolute atomic E-state index is 13.4. The molecule has 0 aliphatic rings. The fourth-order valence-corrected chi connectivity index (χ4v) is 2.72. The van der Waals surface area contributed by atoms with Crippen molar-refractivity contribution in [3.8, 4) is 0 Å². The Balaban J connectivity index is 2.25. The molecule has 0 bridgehead atoms. The monoisotopic (exact) mass is 333 g/mol. The molecule has 2 heterocycles. The molecule has 0 radical (unpaired) electrons. The SMILES string of the molecule is CCC(=O)C(c1ccccc1C(F)(F)F)n1ncc2ncccc21. The van der Waals surface area contributed by atoms with E-state index in [9.17, 15) is 18.0 Å².